The third-order valence-corrected chi connectivity index (χ3v) is 6.69. The summed E-state index contributed by atoms with van der Waals surface area (Å²) in [5.74, 6) is 1.33. The molecule has 144 valence electrons. The summed E-state index contributed by atoms with van der Waals surface area (Å²) < 4.78 is 2.36. The van der Waals surface area contributed by atoms with Gasteiger partial charge in [0, 0.05) is 63.8 Å². The molecule has 6 heteroatoms. The van der Waals surface area contributed by atoms with E-state index in [2.05, 4.69) is 27.5 Å². The lowest BCUT2D eigenvalue weighted by molar-refractivity contribution is 0.0664. The average Bonchev–Trinajstić information content (AvgIpc) is 2.86. The van der Waals surface area contributed by atoms with Crippen molar-refractivity contribution in [3.63, 3.8) is 0 Å². The zero-order valence-electron chi connectivity index (χ0n) is 16.2. The molecule has 1 aromatic carbocycles. The van der Waals surface area contributed by atoms with Crippen molar-refractivity contribution in [3.05, 3.63) is 29.6 Å². The zero-order valence-corrected chi connectivity index (χ0v) is 16.2. The van der Waals surface area contributed by atoms with E-state index in [0.717, 1.165) is 74.9 Å². The van der Waals surface area contributed by atoms with Crippen LogP contribution in [0, 0.1) is 0 Å². The molecule has 1 saturated carbocycles. The first kappa shape index (κ1) is 17.2. The van der Waals surface area contributed by atoms with E-state index >= 15 is 0 Å². The van der Waals surface area contributed by atoms with Gasteiger partial charge in [0.25, 0.3) is 5.91 Å². The van der Waals surface area contributed by atoms with Gasteiger partial charge in [0.2, 0.25) is 0 Å². The van der Waals surface area contributed by atoms with Crippen LogP contribution in [-0.4, -0.2) is 82.5 Å². The third kappa shape index (κ3) is 3.15. The molecule has 3 aliphatic rings. The Morgan fingerprint density at radius 3 is 2.59 bits per heavy atom. The summed E-state index contributed by atoms with van der Waals surface area (Å²) >= 11 is 0. The number of likely N-dealkylation sites (N-methyl/N-ethyl adjacent to an activating group) is 1. The number of carbonyl (C=O) groups is 1. The molecule has 2 aromatic rings. The number of aromatic nitrogens is 2. The normalized spacial score (nSPS) is 22.5. The maximum Gasteiger partial charge on any atom is 0.254 e. The molecule has 3 heterocycles. The molecule has 0 unspecified atom stereocenters. The number of nitrogens with zero attached hydrogens (tertiary/aromatic N) is 5. The number of benzene rings is 1. The zero-order chi connectivity index (χ0) is 18.4. The van der Waals surface area contributed by atoms with E-state index in [1.165, 1.54) is 25.1 Å². The molecule has 0 N–H and O–H groups in total. The summed E-state index contributed by atoms with van der Waals surface area (Å²) in [5, 5.41) is 0. The summed E-state index contributed by atoms with van der Waals surface area (Å²) in [7, 11) is 2.11. The van der Waals surface area contributed by atoms with Crippen LogP contribution in [0.3, 0.4) is 0 Å². The van der Waals surface area contributed by atoms with Crippen LogP contribution in [-0.2, 0) is 13.0 Å². The van der Waals surface area contributed by atoms with Gasteiger partial charge in [-0.05, 0) is 38.1 Å². The molecule has 0 bridgehead atoms. The van der Waals surface area contributed by atoms with Crippen molar-refractivity contribution in [1.82, 2.24) is 24.3 Å². The van der Waals surface area contributed by atoms with Crippen LogP contribution in [0.5, 0.6) is 0 Å². The molecule has 6 nitrogen and oxygen atoms in total. The Morgan fingerprint density at radius 2 is 1.85 bits per heavy atom. The van der Waals surface area contributed by atoms with Gasteiger partial charge in [-0.25, -0.2) is 4.98 Å². The number of piperazine rings is 1. The first-order valence-electron chi connectivity index (χ1n) is 10.4. The summed E-state index contributed by atoms with van der Waals surface area (Å²) in [5.41, 5.74) is 2.95. The number of fused-ring (bicyclic) bond motifs is 3. The Kier molecular flexibility index (Phi) is 4.40. The minimum atomic E-state index is 0.158. The molecule has 0 radical (unpaired) electrons. The SMILES string of the molecule is CN1CCN(C(=O)c2ccc3nc4n(c3c2)CCN(C2CCC2)CC4)CC1. The fourth-order valence-electron chi connectivity index (χ4n) is 4.64. The first-order valence-corrected chi connectivity index (χ1v) is 10.4. The molecular formula is C21H29N5O. The molecule has 1 amide bonds. The van der Waals surface area contributed by atoms with E-state index in [-0.39, 0.29) is 5.91 Å². The molecule has 1 saturated heterocycles. The Balaban J connectivity index is 1.39. The van der Waals surface area contributed by atoms with E-state index in [9.17, 15) is 4.79 Å². The predicted molar refractivity (Wildman–Crippen MR) is 106 cm³/mol. The van der Waals surface area contributed by atoms with Crippen molar-refractivity contribution in [3.8, 4) is 0 Å². The van der Waals surface area contributed by atoms with E-state index in [0.29, 0.717) is 0 Å². The Morgan fingerprint density at radius 1 is 1.04 bits per heavy atom. The smallest absolute Gasteiger partial charge is 0.254 e. The topological polar surface area (TPSA) is 44.6 Å². The van der Waals surface area contributed by atoms with Gasteiger partial charge in [0.05, 0.1) is 11.0 Å². The van der Waals surface area contributed by atoms with Gasteiger partial charge in [0.15, 0.2) is 0 Å². The van der Waals surface area contributed by atoms with Crippen LogP contribution < -0.4 is 0 Å². The second-order valence-electron chi connectivity index (χ2n) is 8.35. The van der Waals surface area contributed by atoms with Crippen molar-refractivity contribution in [2.24, 2.45) is 0 Å². The number of hydrogen-bond acceptors (Lipinski definition) is 4. The fourth-order valence-corrected chi connectivity index (χ4v) is 4.64. The lowest BCUT2D eigenvalue weighted by Crippen LogP contribution is -2.47. The Hall–Kier alpha value is -1.92. The number of amides is 1. The number of rotatable bonds is 2. The molecule has 0 atom stereocenters. The van der Waals surface area contributed by atoms with Crippen molar-refractivity contribution in [2.75, 3.05) is 46.3 Å². The summed E-state index contributed by atoms with van der Waals surface area (Å²) in [6.45, 7) is 6.72. The highest BCUT2D eigenvalue weighted by atomic mass is 16.2. The van der Waals surface area contributed by atoms with Gasteiger partial charge in [-0.15, -0.1) is 0 Å². The largest absolute Gasteiger partial charge is 0.336 e. The molecule has 5 rings (SSSR count). The minimum absolute atomic E-state index is 0.158. The minimum Gasteiger partial charge on any atom is -0.336 e. The second kappa shape index (κ2) is 6.91. The maximum absolute atomic E-state index is 13.0. The van der Waals surface area contributed by atoms with Crippen LogP contribution in [0.25, 0.3) is 11.0 Å². The molecule has 2 fully saturated rings. The second-order valence-corrected chi connectivity index (χ2v) is 8.35. The van der Waals surface area contributed by atoms with Crippen molar-refractivity contribution < 1.29 is 4.79 Å². The number of carbonyl (C=O) groups excluding carboxylic acids is 1. The average molecular weight is 367 g/mol. The number of hydrogen-bond donors (Lipinski definition) is 0. The van der Waals surface area contributed by atoms with Crippen molar-refractivity contribution in [2.45, 2.75) is 38.3 Å². The van der Waals surface area contributed by atoms with E-state index in [1.54, 1.807) is 0 Å². The lowest BCUT2D eigenvalue weighted by atomic mass is 9.91. The summed E-state index contributed by atoms with van der Waals surface area (Å²) in [6.07, 6.45) is 5.10. The Labute approximate surface area is 160 Å². The maximum atomic E-state index is 13.0. The Bertz CT molecular complexity index is 848. The lowest BCUT2D eigenvalue weighted by Gasteiger charge is -2.36. The predicted octanol–water partition coefficient (Wildman–Crippen LogP) is 1.83. The highest BCUT2D eigenvalue weighted by molar-refractivity contribution is 5.97. The quantitative estimate of drug-likeness (QED) is 0.812. The molecule has 1 aromatic heterocycles. The van der Waals surface area contributed by atoms with Gasteiger partial charge in [-0.3, -0.25) is 9.69 Å². The van der Waals surface area contributed by atoms with Crippen LogP contribution in [0.1, 0.15) is 35.4 Å². The van der Waals surface area contributed by atoms with E-state index < -0.39 is 0 Å². The van der Waals surface area contributed by atoms with Gasteiger partial charge in [-0.1, -0.05) is 6.42 Å². The van der Waals surface area contributed by atoms with E-state index in [4.69, 9.17) is 4.98 Å². The van der Waals surface area contributed by atoms with Gasteiger partial charge in [-0.2, -0.15) is 0 Å². The first-order chi connectivity index (χ1) is 13.2. The number of imidazole rings is 1. The van der Waals surface area contributed by atoms with Crippen LogP contribution in [0.2, 0.25) is 0 Å². The van der Waals surface area contributed by atoms with Crippen molar-refractivity contribution >= 4 is 16.9 Å². The monoisotopic (exact) mass is 367 g/mol. The summed E-state index contributed by atoms with van der Waals surface area (Å²) in [6, 6.07) is 6.85. The van der Waals surface area contributed by atoms with Crippen LogP contribution >= 0.6 is 0 Å². The van der Waals surface area contributed by atoms with Gasteiger partial charge < -0.3 is 14.4 Å². The molecule has 27 heavy (non-hydrogen) atoms. The fraction of sp³-hybridized carbons (Fsp3) is 0.619. The molecule has 0 spiro atoms. The van der Waals surface area contributed by atoms with Crippen LogP contribution in [0.15, 0.2) is 18.2 Å². The molecular weight excluding hydrogens is 338 g/mol. The third-order valence-electron chi connectivity index (χ3n) is 6.69. The van der Waals surface area contributed by atoms with Crippen LogP contribution in [0.4, 0.5) is 0 Å². The highest BCUT2D eigenvalue weighted by Gasteiger charge is 2.28. The highest BCUT2D eigenvalue weighted by Crippen LogP contribution is 2.27. The molecule has 1 aliphatic carbocycles. The molecule has 2 aliphatic heterocycles. The van der Waals surface area contributed by atoms with Gasteiger partial charge >= 0.3 is 0 Å². The van der Waals surface area contributed by atoms with E-state index in [1.807, 2.05) is 17.0 Å². The standard InChI is InChI=1S/C21H29N5O/c1-23-9-11-25(12-10-23)21(27)16-5-6-18-19(15-16)26-14-13-24(17-3-2-4-17)8-7-20(26)22-18/h5-6,15,17H,2-4,7-14H2,1H3. The van der Waals surface area contributed by atoms with Crippen molar-refractivity contribution in [1.29, 1.82) is 0 Å². The summed E-state index contributed by atoms with van der Waals surface area (Å²) in [4.78, 5) is 24.7. The van der Waals surface area contributed by atoms with Gasteiger partial charge in [0.1, 0.15) is 5.82 Å².